The number of pyridine rings is 1. The fourth-order valence-corrected chi connectivity index (χ4v) is 2.44. The molecule has 4 heteroatoms. The van der Waals surface area contributed by atoms with E-state index < -0.39 is 6.04 Å². The molecule has 0 saturated carbocycles. The Balaban J connectivity index is 1.92. The van der Waals surface area contributed by atoms with Crippen LogP contribution in [0.2, 0.25) is 0 Å². The molecule has 0 spiro atoms. The number of amides is 1. The summed E-state index contributed by atoms with van der Waals surface area (Å²) < 4.78 is 0. The van der Waals surface area contributed by atoms with Crippen molar-refractivity contribution < 1.29 is 4.79 Å². The number of aromatic nitrogens is 1. The lowest BCUT2D eigenvalue weighted by molar-refractivity contribution is -0.122. The van der Waals surface area contributed by atoms with Gasteiger partial charge in [-0.2, -0.15) is 0 Å². The molecule has 2 aromatic rings. The summed E-state index contributed by atoms with van der Waals surface area (Å²) in [4.78, 5) is 16.3. The van der Waals surface area contributed by atoms with Crippen LogP contribution in [0.4, 0.5) is 0 Å². The lowest BCUT2D eigenvalue weighted by Crippen LogP contribution is -2.42. The average Bonchev–Trinajstić information content (AvgIpc) is 2.46. The van der Waals surface area contributed by atoms with Gasteiger partial charge in [0.15, 0.2) is 0 Å². The second kappa shape index (κ2) is 7.18. The fourth-order valence-electron chi connectivity index (χ4n) is 2.44. The molecular weight excluding hydrogens is 262 g/mol. The van der Waals surface area contributed by atoms with E-state index in [4.69, 9.17) is 5.73 Å². The minimum atomic E-state index is -0.421. The van der Waals surface area contributed by atoms with E-state index >= 15 is 0 Å². The number of fused-ring (bicyclic) bond motifs is 1. The van der Waals surface area contributed by atoms with Crippen LogP contribution in [0, 0.1) is 5.92 Å². The maximum atomic E-state index is 11.9. The van der Waals surface area contributed by atoms with Gasteiger partial charge >= 0.3 is 0 Å². The van der Waals surface area contributed by atoms with Crippen molar-refractivity contribution in [3.63, 3.8) is 0 Å². The molecule has 1 heterocycles. The van der Waals surface area contributed by atoms with Crippen molar-refractivity contribution in [2.75, 3.05) is 6.54 Å². The van der Waals surface area contributed by atoms with E-state index in [0.29, 0.717) is 18.9 Å². The van der Waals surface area contributed by atoms with Gasteiger partial charge in [-0.1, -0.05) is 38.1 Å². The number of benzene rings is 1. The third kappa shape index (κ3) is 4.26. The Labute approximate surface area is 125 Å². The predicted octanol–water partition coefficient (Wildman–Crippen LogP) is 2.27. The van der Waals surface area contributed by atoms with Gasteiger partial charge in [-0.25, -0.2) is 0 Å². The van der Waals surface area contributed by atoms with Crippen molar-refractivity contribution in [2.24, 2.45) is 11.7 Å². The smallest absolute Gasteiger partial charge is 0.236 e. The Morgan fingerprint density at radius 3 is 2.81 bits per heavy atom. The first-order chi connectivity index (χ1) is 10.1. The summed E-state index contributed by atoms with van der Waals surface area (Å²) in [5.74, 6) is 0.352. The Hall–Kier alpha value is -1.94. The molecule has 1 aromatic heterocycles. The molecule has 2 rings (SSSR count). The first-order valence-electron chi connectivity index (χ1n) is 7.44. The largest absolute Gasteiger partial charge is 0.354 e. The first kappa shape index (κ1) is 15.4. The van der Waals surface area contributed by atoms with Crippen molar-refractivity contribution in [3.8, 4) is 0 Å². The second-order valence-electron chi connectivity index (χ2n) is 5.77. The van der Waals surface area contributed by atoms with Crippen LogP contribution in [0.1, 0.15) is 25.8 Å². The van der Waals surface area contributed by atoms with E-state index in [1.807, 2.05) is 24.3 Å². The van der Waals surface area contributed by atoms with E-state index in [0.717, 1.165) is 22.9 Å². The van der Waals surface area contributed by atoms with Gasteiger partial charge in [-0.05, 0) is 30.4 Å². The fraction of sp³-hybridized carbons (Fsp3) is 0.412. The van der Waals surface area contributed by atoms with Crippen LogP contribution in [0.25, 0.3) is 10.9 Å². The molecule has 0 aliphatic carbocycles. The SMILES string of the molecule is CC(C)C[C@H](N)C(=O)NCCc1cccc2cccnc12. The minimum absolute atomic E-state index is 0.0723. The van der Waals surface area contributed by atoms with Gasteiger partial charge < -0.3 is 11.1 Å². The lowest BCUT2D eigenvalue weighted by atomic mass is 10.0. The molecule has 112 valence electrons. The summed E-state index contributed by atoms with van der Waals surface area (Å²) in [5.41, 5.74) is 8.01. The quantitative estimate of drug-likeness (QED) is 0.855. The Bertz CT molecular complexity index is 605. The van der Waals surface area contributed by atoms with Crippen LogP contribution in [0.15, 0.2) is 36.5 Å². The molecule has 0 bridgehead atoms. The average molecular weight is 285 g/mol. The maximum absolute atomic E-state index is 11.9. The van der Waals surface area contributed by atoms with Crippen molar-refractivity contribution in [1.29, 1.82) is 0 Å². The number of nitrogens with two attached hydrogens (primary N) is 1. The monoisotopic (exact) mass is 285 g/mol. The number of hydrogen-bond acceptors (Lipinski definition) is 3. The third-order valence-electron chi connectivity index (χ3n) is 3.47. The second-order valence-corrected chi connectivity index (χ2v) is 5.77. The molecule has 1 atom stereocenters. The number of para-hydroxylation sites is 1. The van der Waals surface area contributed by atoms with Crippen LogP contribution in [-0.2, 0) is 11.2 Å². The number of carbonyl (C=O) groups is 1. The van der Waals surface area contributed by atoms with E-state index in [1.165, 1.54) is 0 Å². The van der Waals surface area contributed by atoms with Crippen LogP contribution < -0.4 is 11.1 Å². The Morgan fingerprint density at radius 1 is 1.29 bits per heavy atom. The number of carbonyl (C=O) groups excluding carboxylic acids is 1. The van der Waals surface area contributed by atoms with E-state index in [1.54, 1.807) is 6.20 Å². The molecule has 21 heavy (non-hydrogen) atoms. The zero-order valence-corrected chi connectivity index (χ0v) is 12.7. The van der Waals surface area contributed by atoms with Gasteiger partial charge in [-0.3, -0.25) is 9.78 Å². The molecule has 0 unspecified atom stereocenters. The highest BCUT2D eigenvalue weighted by molar-refractivity contribution is 5.82. The first-order valence-corrected chi connectivity index (χ1v) is 7.44. The van der Waals surface area contributed by atoms with E-state index in [-0.39, 0.29) is 5.91 Å². The van der Waals surface area contributed by atoms with Gasteiger partial charge in [0, 0.05) is 18.1 Å². The Kier molecular flexibility index (Phi) is 5.28. The zero-order chi connectivity index (χ0) is 15.2. The molecule has 3 N–H and O–H groups in total. The standard InChI is InChI=1S/C17H23N3O/c1-12(2)11-15(18)17(21)20-10-8-14-6-3-5-13-7-4-9-19-16(13)14/h3-7,9,12,15H,8,10-11,18H2,1-2H3,(H,20,21)/t15-/m0/s1. The van der Waals surface area contributed by atoms with Crippen molar-refractivity contribution in [1.82, 2.24) is 10.3 Å². The van der Waals surface area contributed by atoms with Crippen LogP contribution in [0.3, 0.4) is 0 Å². The van der Waals surface area contributed by atoms with Crippen LogP contribution >= 0.6 is 0 Å². The van der Waals surface area contributed by atoms with Gasteiger partial charge in [-0.15, -0.1) is 0 Å². The summed E-state index contributed by atoms with van der Waals surface area (Å²) >= 11 is 0. The van der Waals surface area contributed by atoms with E-state index in [9.17, 15) is 4.79 Å². The third-order valence-corrected chi connectivity index (χ3v) is 3.47. The topological polar surface area (TPSA) is 68.0 Å². The molecule has 0 radical (unpaired) electrons. The van der Waals surface area contributed by atoms with Crippen molar-refractivity contribution in [3.05, 3.63) is 42.1 Å². The number of hydrogen-bond donors (Lipinski definition) is 2. The molecule has 1 amide bonds. The highest BCUT2D eigenvalue weighted by Crippen LogP contribution is 2.16. The van der Waals surface area contributed by atoms with E-state index in [2.05, 4.69) is 30.2 Å². The zero-order valence-electron chi connectivity index (χ0n) is 12.7. The molecular formula is C17H23N3O. The maximum Gasteiger partial charge on any atom is 0.236 e. The molecule has 0 aliphatic heterocycles. The summed E-state index contributed by atoms with van der Waals surface area (Å²) in [6.45, 7) is 4.71. The van der Waals surface area contributed by atoms with Gasteiger partial charge in [0.05, 0.1) is 11.6 Å². The van der Waals surface area contributed by atoms with Gasteiger partial charge in [0.1, 0.15) is 0 Å². The molecule has 4 nitrogen and oxygen atoms in total. The summed E-state index contributed by atoms with van der Waals surface area (Å²) in [7, 11) is 0. The van der Waals surface area contributed by atoms with Crippen molar-refractivity contribution >= 4 is 16.8 Å². The Morgan fingerprint density at radius 2 is 2.05 bits per heavy atom. The number of rotatable bonds is 6. The van der Waals surface area contributed by atoms with Gasteiger partial charge in [0.25, 0.3) is 0 Å². The summed E-state index contributed by atoms with van der Waals surface area (Å²) in [6.07, 6.45) is 3.26. The normalized spacial score (nSPS) is 12.6. The summed E-state index contributed by atoms with van der Waals surface area (Å²) in [6, 6.07) is 9.67. The van der Waals surface area contributed by atoms with Crippen LogP contribution in [0.5, 0.6) is 0 Å². The number of nitrogens with zero attached hydrogens (tertiary/aromatic N) is 1. The highest BCUT2D eigenvalue weighted by atomic mass is 16.2. The molecule has 0 saturated heterocycles. The molecule has 0 aliphatic rings. The number of nitrogens with one attached hydrogen (secondary N) is 1. The highest BCUT2D eigenvalue weighted by Gasteiger charge is 2.14. The minimum Gasteiger partial charge on any atom is -0.354 e. The van der Waals surface area contributed by atoms with Crippen molar-refractivity contribution in [2.45, 2.75) is 32.7 Å². The molecule has 1 aromatic carbocycles. The van der Waals surface area contributed by atoms with Crippen LogP contribution in [-0.4, -0.2) is 23.5 Å². The molecule has 0 fully saturated rings. The van der Waals surface area contributed by atoms with Gasteiger partial charge in [0.2, 0.25) is 5.91 Å². The predicted molar refractivity (Wildman–Crippen MR) is 85.9 cm³/mol. The summed E-state index contributed by atoms with van der Waals surface area (Å²) in [5, 5.41) is 4.03. The lowest BCUT2D eigenvalue weighted by Gasteiger charge is -2.14.